The van der Waals surface area contributed by atoms with E-state index in [1.165, 1.54) is 32.1 Å². The van der Waals surface area contributed by atoms with Crippen LogP contribution in [-0.2, 0) is 16.4 Å². The summed E-state index contributed by atoms with van der Waals surface area (Å²) >= 11 is 0. The molecule has 0 radical (unpaired) electrons. The quantitative estimate of drug-likeness (QED) is 0.624. The molecule has 0 atom stereocenters. The number of hydrogen-bond donors (Lipinski definition) is 2. The summed E-state index contributed by atoms with van der Waals surface area (Å²) in [6.07, 6.45) is 6.29. The van der Waals surface area contributed by atoms with Crippen LogP contribution in [0.5, 0.6) is 0 Å². The molecule has 1 aliphatic rings. The fraction of sp³-hybridized carbons (Fsp3) is 0.455. The Hall–Kier alpha value is -2.45. The fourth-order valence-electron chi connectivity index (χ4n) is 4.28. The zero-order chi connectivity index (χ0) is 21.3. The topological polar surface area (TPSA) is 88.4 Å². The van der Waals surface area contributed by atoms with E-state index >= 15 is 0 Å². The summed E-state index contributed by atoms with van der Waals surface area (Å²) in [6, 6.07) is 8.97. The molecular formula is C22H29N5O2S. The molecule has 4 rings (SSSR count). The Morgan fingerprint density at radius 1 is 1.10 bits per heavy atom. The van der Waals surface area contributed by atoms with Gasteiger partial charge < -0.3 is 10.6 Å². The van der Waals surface area contributed by atoms with Crippen molar-refractivity contribution in [3.8, 4) is 0 Å². The lowest BCUT2D eigenvalue weighted by Gasteiger charge is -2.23. The van der Waals surface area contributed by atoms with Crippen LogP contribution >= 0.6 is 0 Å². The zero-order valence-electron chi connectivity index (χ0n) is 17.8. The molecule has 2 heterocycles. The number of benzene rings is 1. The molecule has 0 unspecified atom stereocenters. The molecule has 160 valence electrons. The second-order valence-electron chi connectivity index (χ2n) is 7.96. The molecule has 1 aromatic carbocycles. The molecule has 2 N–H and O–H groups in total. The van der Waals surface area contributed by atoms with Crippen LogP contribution in [0.3, 0.4) is 0 Å². The van der Waals surface area contributed by atoms with Crippen molar-refractivity contribution < 1.29 is 8.42 Å². The first-order chi connectivity index (χ1) is 14.4. The number of hydrogen-bond acceptors (Lipinski definition) is 6. The van der Waals surface area contributed by atoms with E-state index < -0.39 is 9.84 Å². The van der Waals surface area contributed by atoms with Gasteiger partial charge in [-0.3, -0.25) is 0 Å². The van der Waals surface area contributed by atoms with E-state index in [1.807, 2.05) is 13.8 Å². The van der Waals surface area contributed by atoms with Crippen LogP contribution in [-0.4, -0.2) is 36.1 Å². The highest BCUT2D eigenvalue weighted by Gasteiger charge is 2.29. The third-order valence-electron chi connectivity index (χ3n) is 6.02. The van der Waals surface area contributed by atoms with E-state index in [4.69, 9.17) is 4.98 Å². The van der Waals surface area contributed by atoms with Gasteiger partial charge in [0.25, 0.3) is 0 Å². The highest BCUT2D eigenvalue weighted by Crippen LogP contribution is 2.32. The van der Waals surface area contributed by atoms with Gasteiger partial charge in [0.2, 0.25) is 9.84 Å². The molecule has 2 aromatic heterocycles. The molecule has 0 bridgehead atoms. The summed E-state index contributed by atoms with van der Waals surface area (Å²) in [7, 11) is -2.08. The normalized spacial score (nSPS) is 15.6. The summed E-state index contributed by atoms with van der Waals surface area (Å²) in [5.74, 6) is 0.311. The van der Waals surface area contributed by atoms with Gasteiger partial charge in [-0.15, -0.1) is 5.10 Å². The Morgan fingerprint density at radius 3 is 2.47 bits per heavy atom. The molecule has 0 amide bonds. The maximum atomic E-state index is 13.4. The lowest BCUT2D eigenvalue weighted by Crippen LogP contribution is -2.31. The van der Waals surface area contributed by atoms with E-state index in [-0.39, 0.29) is 9.79 Å². The van der Waals surface area contributed by atoms with Crippen molar-refractivity contribution in [1.29, 1.82) is 0 Å². The van der Waals surface area contributed by atoms with Gasteiger partial charge in [-0.05, 0) is 38.8 Å². The smallest absolute Gasteiger partial charge is 0.214 e. The number of fused-ring (bicyclic) bond motifs is 1. The maximum Gasteiger partial charge on any atom is 0.214 e. The van der Waals surface area contributed by atoms with Gasteiger partial charge >= 0.3 is 0 Å². The van der Waals surface area contributed by atoms with E-state index in [0.29, 0.717) is 24.1 Å². The molecule has 30 heavy (non-hydrogen) atoms. The van der Waals surface area contributed by atoms with Crippen molar-refractivity contribution in [3.63, 3.8) is 0 Å². The van der Waals surface area contributed by atoms with Crippen molar-refractivity contribution in [3.05, 3.63) is 47.3 Å². The van der Waals surface area contributed by atoms with Gasteiger partial charge in [0, 0.05) is 36.6 Å². The van der Waals surface area contributed by atoms with Gasteiger partial charge in [-0.1, -0.05) is 37.5 Å². The molecule has 3 aromatic rings. The minimum Gasteiger partial charge on any atom is -0.370 e. The van der Waals surface area contributed by atoms with Gasteiger partial charge in [0.15, 0.2) is 16.4 Å². The zero-order valence-corrected chi connectivity index (χ0v) is 18.6. The predicted molar refractivity (Wildman–Crippen MR) is 118 cm³/mol. The molecule has 1 saturated carbocycles. The van der Waals surface area contributed by atoms with E-state index in [9.17, 15) is 8.42 Å². The van der Waals surface area contributed by atoms with Crippen LogP contribution in [0.2, 0.25) is 0 Å². The fourth-order valence-corrected chi connectivity index (χ4v) is 5.80. The molecule has 0 spiro atoms. The summed E-state index contributed by atoms with van der Waals surface area (Å²) in [4.78, 5) is 5.05. The number of rotatable bonds is 6. The average molecular weight is 428 g/mol. The lowest BCUT2D eigenvalue weighted by atomic mass is 9.95. The molecule has 0 saturated heterocycles. The molecule has 8 heteroatoms. The third kappa shape index (κ3) is 3.70. The van der Waals surface area contributed by atoms with Crippen LogP contribution in [0.15, 0.2) is 40.1 Å². The van der Waals surface area contributed by atoms with Gasteiger partial charge in [0.05, 0.1) is 4.90 Å². The lowest BCUT2D eigenvalue weighted by molar-refractivity contribution is 0.371. The first kappa shape index (κ1) is 20.8. The largest absolute Gasteiger partial charge is 0.370 e. The number of aromatic nitrogens is 3. The Kier molecular flexibility index (Phi) is 5.79. The van der Waals surface area contributed by atoms with Gasteiger partial charge in [0.1, 0.15) is 0 Å². The van der Waals surface area contributed by atoms with Gasteiger partial charge in [-0.2, -0.15) is 0 Å². The standard InChI is InChI=1S/C22H29N5O2S/c1-15-19(14-24-17-10-6-4-7-11-17)16(2)27-22(25-15)20(21(23-3)26-27)30(28,29)18-12-8-5-9-13-18/h5,8-9,12-13,17,24H,4,6-7,10-11,14H2,1-3H3,(H,23,26). The highest BCUT2D eigenvalue weighted by molar-refractivity contribution is 7.91. The Bertz CT molecular complexity index is 1150. The minimum absolute atomic E-state index is 0.120. The van der Waals surface area contributed by atoms with Crippen molar-refractivity contribution >= 4 is 21.3 Å². The van der Waals surface area contributed by atoms with Crippen molar-refractivity contribution in [1.82, 2.24) is 19.9 Å². The molecule has 1 fully saturated rings. The third-order valence-corrected chi connectivity index (χ3v) is 7.82. The highest BCUT2D eigenvalue weighted by atomic mass is 32.2. The van der Waals surface area contributed by atoms with Crippen LogP contribution < -0.4 is 10.6 Å². The van der Waals surface area contributed by atoms with Crippen LogP contribution in [0.25, 0.3) is 5.65 Å². The average Bonchev–Trinajstić information content (AvgIpc) is 3.14. The number of nitrogens with zero attached hydrogens (tertiary/aromatic N) is 3. The Morgan fingerprint density at radius 2 is 1.80 bits per heavy atom. The molecule has 0 aliphatic heterocycles. The maximum absolute atomic E-state index is 13.4. The number of aryl methyl sites for hydroxylation is 2. The van der Waals surface area contributed by atoms with E-state index in [0.717, 1.165) is 17.0 Å². The second-order valence-corrected chi connectivity index (χ2v) is 9.84. The molecular weight excluding hydrogens is 398 g/mol. The van der Waals surface area contributed by atoms with Crippen molar-refractivity contribution in [2.24, 2.45) is 0 Å². The monoisotopic (exact) mass is 427 g/mol. The molecule has 7 nitrogen and oxygen atoms in total. The molecule has 1 aliphatic carbocycles. The summed E-state index contributed by atoms with van der Waals surface area (Å²) < 4.78 is 28.4. The Labute approximate surface area is 177 Å². The number of nitrogens with one attached hydrogen (secondary N) is 2. The van der Waals surface area contributed by atoms with Crippen molar-refractivity contribution in [2.75, 3.05) is 12.4 Å². The predicted octanol–water partition coefficient (Wildman–Crippen LogP) is 3.64. The summed E-state index contributed by atoms with van der Waals surface area (Å²) in [5.41, 5.74) is 3.17. The number of anilines is 1. The Balaban J connectivity index is 1.78. The second kappa shape index (κ2) is 8.35. The van der Waals surface area contributed by atoms with E-state index in [2.05, 4.69) is 15.7 Å². The van der Waals surface area contributed by atoms with Crippen LogP contribution in [0.1, 0.15) is 49.1 Å². The first-order valence-corrected chi connectivity index (χ1v) is 12.0. The minimum atomic E-state index is -3.76. The SMILES string of the molecule is CNc1nn2c(C)c(CNC3CCCCC3)c(C)nc2c1S(=O)(=O)c1ccccc1. The van der Waals surface area contributed by atoms with Crippen LogP contribution in [0.4, 0.5) is 5.82 Å². The van der Waals surface area contributed by atoms with Gasteiger partial charge in [-0.25, -0.2) is 17.9 Å². The number of sulfone groups is 1. The summed E-state index contributed by atoms with van der Waals surface area (Å²) in [5, 5.41) is 11.2. The van der Waals surface area contributed by atoms with Crippen LogP contribution in [0, 0.1) is 13.8 Å². The first-order valence-electron chi connectivity index (χ1n) is 10.5. The summed E-state index contributed by atoms with van der Waals surface area (Å²) in [6.45, 7) is 4.63. The van der Waals surface area contributed by atoms with E-state index in [1.54, 1.807) is 41.9 Å². The van der Waals surface area contributed by atoms with Crippen molar-refractivity contribution in [2.45, 2.75) is 68.3 Å².